The fourth-order valence-electron chi connectivity index (χ4n) is 3.89. The average Bonchev–Trinajstić information content (AvgIpc) is 2.92. The van der Waals surface area contributed by atoms with E-state index in [0.717, 1.165) is 6.04 Å². The number of hydrogen-bond donors (Lipinski definition) is 1. The molecule has 0 amide bonds. The largest absolute Gasteiger partial charge is 0.372 e. The van der Waals surface area contributed by atoms with E-state index in [2.05, 4.69) is 5.32 Å². The molecule has 0 bridgehead atoms. The molecule has 2 unspecified atom stereocenters. The van der Waals surface area contributed by atoms with E-state index in [4.69, 9.17) is 4.74 Å². The predicted molar refractivity (Wildman–Crippen MR) is 65.6 cm³/mol. The van der Waals surface area contributed by atoms with Crippen molar-refractivity contribution in [1.29, 1.82) is 0 Å². The molecule has 3 rings (SSSR count). The van der Waals surface area contributed by atoms with Crippen molar-refractivity contribution in [3.05, 3.63) is 0 Å². The Labute approximate surface area is 99.1 Å². The molecule has 0 aromatic rings. The van der Waals surface area contributed by atoms with Crippen LogP contribution in [0.15, 0.2) is 0 Å². The minimum atomic E-state index is 0.333. The minimum Gasteiger partial charge on any atom is -0.372 e. The first-order valence-electron chi connectivity index (χ1n) is 7.28. The van der Waals surface area contributed by atoms with Crippen molar-refractivity contribution in [3.8, 4) is 0 Å². The highest BCUT2D eigenvalue weighted by Gasteiger charge is 2.42. The number of nitrogens with one attached hydrogen (secondary N) is 1. The SMILES string of the molecule is C1CCC(CC2CCC3(CCCC3)O2)NC1. The van der Waals surface area contributed by atoms with E-state index >= 15 is 0 Å². The van der Waals surface area contributed by atoms with E-state index in [1.165, 1.54) is 70.8 Å². The molecule has 1 spiro atoms. The van der Waals surface area contributed by atoms with Crippen LogP contribution in [0.3, 0.4) is 0 Å². The van der Waals surface area contributed by atoms with Crippen molar-refractivity contribution in [1.82, 2.24) is 5.32 Å². The smallest absolute Gasteiger partial charge is 0.0687 e. The number of rotatable bonds is 2. The third-order valence-electron chi connectivity index (χ3n) is 4.81. The van der Waals surface area contributed by atoms with Crippen molar-refractivity contribution in [2.24, 2.45) is 0 Å². The lowest BCUT2D eigenvalue weighted by molar-refractivity contribution is -0.0427. The number of piperidine rings is 1. The van der Waals surface area contributed by atoms with Gasteiger partial charge in [0, 0.05) is 6.04 Å². The van der Waals surface area contributed by atoms with Crippen molar-refractivity contribution < 1.29 is 4.74 Å². The highest BCUT2D eigenvalue weighted by molar-refractivity contribution is 4.93. The van der Waals surface area contributed by atoms with Gasteiger partial charge in [-0.15, -0.1) is 0 Å². The van der Waals surface area contributed by atoms with E-state index in [0.29, 0.717) is 11.7 Å². The summed E-state index contributed by atoms with van der Waals surface area (Å²) in [6, 6.07) is 0.746. The quantitative estimate of drug-likeness (QED) is 0.777. The Morgan fingerprint density at radius 1 is 1.00 bits per heavy atom. The maximum absolute atomic E-state index is 6.37. The van der Waals surface area contributed by atoms with Crippen LogP contribution in [0, 0.1) is 0 Å². The summed E-state index contributed by atoms with van der Waals surface area (Å²) in [5.41, 5.74) is 0.333. The van der Waals surface area contributed by atoms with Gasteiger partial charge in [0.15, 0.2) is 0 Å². The van der Waals surface area contributed by atoms with Crippen LogP contribution < -0.4 is 5.32 Å². The molecule has 2 nitrogen and oxygen atoms in total. The van der Waals surface area contributed by atoms with E-state index < -0.39 is 0 Å². The second kappa shape index (κ2) is 4.66. The molecule has 1 aliphatic carbocycles. The molecule has 0 aromatic carbocycles. The van der Waals surface area contributed by atoms with E-state index in [1.807, 2.05) is 0 Å². The molecule has 92 valence electrons. The summed E-state index contributed by atoms with van der Waals surface area (Å²) in [7, 11) is 0. The summed E-state index contributed by atoms with van der Waals surface area (Å²) >= 11 is 0. The first-order chi connectivity index (χ1) is 7.86. The summed E-state index contributed by atoms with van der Waals surface area (Å²) in [4.78, 5) is 0. The minimum absolute atomic E-state index is 0.333. The zero-order chi connectivity index (χ0) is 10.8. The molecule has 3 aliphatic rings. The molecule has 2 saturated heterocycles. The van der Waals surface area contributed by atoms with E-state index in [9.17, 15) is 0 Å². The number of hydrogen-bond acceptors (Lipinski definition) is 2. The molecule has 2 atom stereocenters. The Hall–Kier alpha value is -0.0800. The van der Waals surface area contributed by atoms with Gasteiger partial charge in [-0.2, -0.15) is 0 Å². The molecular formula is C14H25NO. The van der Waals surface area contributed by atoms with E-state index in [1.54, 1.807) is 0 Å². The summed E-state index contributed by atoms with van der Waals surface area (Å²) in [6.07, 6.45) is 14.1. The Balaban J connectivity index is 1.49. The second-order valence-electron chi connectivity index (χ2n) is 6.05. The molecule has 3 fully saturated rings. The van der Waals surface area contributed by atoms with Crippen LogP contribution >= 0.6 is 0 Å². The molecule has 2 aliphatic heterocycles. The summed E-state index contributed by atoms with van der Waals surface area (Å²) in [6.45, 7) is 1.22. The van der Waals surface area contributed by atoms with Crippen LogP contribution in [0.25, 0.3) is 0 Å². The van der Waals surface area contributed by atoms with E-state index in [-0.39, 0.29) is 0 Å². The van der Waals surface area contributed by atoms with Gasteiger partial charge < -0.3 is 10.1 Å². The van der Waals surface area contributed by atoms with Crippen LogP contribution in [0.2, 0.25) is 0 Å². The molecule has 2 heteroatoms. The molecule has 1 saturated carbocycles. The lowest BCUT2D eigenvalue weighted by Gasteiger charge is -2.28. The van der Waals surface area contributed by atoms with Gasteiger partial charge in [-0.25, -0.2) is 0 Å². The Morgan fingerprint density at radius 3 is 2.62 bits per heavy atom. The Kier molecular flexibility index (Phi) is 3.21. The average molecular weight is 223 g/mol. The Morgan fingerprint density at radius 2 is 1.88 bits per heavy atom. The van der Waals surface area contributed by atoms with Crippen LogP contribution in [0.5, 0.6) is 0 Å². The van der Waals surface area contributed by atoms with Gasteiger partial charge in [0.05, 0.1) is 11.7 Å². The second-order valence-corrected chi connectivity index (χ2v) is 6.05. The van der Waals surface area contributed by atoms with Gasteiger partial charge in [0.1, 0.15) is 0 Å². The first kappa shape index (κ1) is 11.0. The normalized spacial score (nSPS) is 38.2. The van der Waals surface area contributed by atoms with Crippen molar-refractivity contribution >= 4 is 0 Å². The maximum atomic E-state index is 6.37. The van der Waals surface area contributed by atoms with Crippen LogP contribution in [0.4, 0.5) is 0 Å². The predicted octanol–water partition coefficient (Wildman–Crippen LogP) is 3.01. The lowest BCUT2D eigenvalue weighted by Crippen LogP contribution is -2.37. The fourth-order valence-corrected chi connectivity index (χ4v) is 3.89. The molecule has 1 N–H and O–H groups in total. The molecule has 0 aromatic heterocycles. The Bertz CT molecular complexity index is 229. The summed E-state index contributed by atoms with van der Waals surface area (Å²) in [5, 5.41) is 3.64. The van der Waals surface area contributed by atoms with Gasteiger partial charge >= 0.3 is 0 Å². The van der Waals surface area contributed by atoms with Gasteiger partial charge in [-0.3, -0.25) is 0 Å². The van der Waals surface area contributed by atoms with Gasteiger partial charge in [-0.1, -0.05) is 19.3 Å². The molecular weight excluding hydrogens is 198 g/mol. The lowest BCUT2D eigenvalue weighted by atomic mass is 9.96. The molecule has 2 heterocycles. The summed E-state index contributed by atoms with van der Waals surface area (Å²) in [5.74, 6) is 0. The van der Waals surface area contributed by atoms with Gasteiger partial charge in [0.2, 0.25) is 0 Å². The van der Waals surface area contributed by atoms with Gasteiger partial charge in [-0.05, 0) is 51.5 Å². The zero-order valence-electron chi connectivity index (χ0n) is 10.3. The highest BCUT2D eigenvalue weighted by Crippen LogP contribution is 2.44. The molecule has 0 radical (unpaired) electrons. The van der Waals surface area contributed by atoms with Crippen molar-refractivity contribution in [3.63, 3.8) is 0 Å². The fraction of sp³-hybridized carbons (Fsp3) is 1.00. The third kappa shape index (κ3) is 2.28. The van der Waals surface area contributed by atoms with Crippen LogP contribution in [-0.4, -0.2) is 24.3 Å². The van der Waals surface area contributed by atoms with Crippen LogP contribution in [0.1, 0.15) is 64.2 Å². The zero-order valence-corrected chi connectivity index (χ0v) is 10.3. The monoisotopic (exact) mass is 223 g/mol. The van der Waals surface area contributed by atoms with Crippen LogP contribution in [-0.2, 0) is 4.74 Å². The molecule has 16 heavy (non-hydrogen) atoms. The van der Waals surface area contributed by atoms with Gasteiger partial charge in [0.25, 0.3) is 0 Å². The number of ether oxygens (including phenoxy) is 1. The van der Waals surface area contributed by atoms with Crippen molar-refractivity contribution in [2.75, 3.05) is 6.54 Å². The third-order valence-corrected chi connectivity index (χ3v) is 4.81. The first-order valence-corrected chi connectivity index (χ1v) is 7.28. The van der Waals surface area contributed by atoms with Crippen molar-refractivity contribution in [2.45, 2.75) is 82.0 Å². The maximum Gasteiger partial charge on any atom is 0.0687 e. The summed E-state index contributed by atoms with van der Waals surface area (Å²) < 4.78 is 6.37. The standard InChI is InChI=1S/C14H25NO/c1-4-10-15-12(5-1)11-13-6-9-14(16-13)7-2-3-8-14/h12-13,15H,1-11H2. The topological polar surface area (TPSA) is 21.3 Å². The highest BCUT2D eigenvalue weighted by atomic mass is 16.5.